The van der Waals surface area contributed by atoms with E-state index in [4.69, 9.17) is 4.74 Å². The number of aliphatic carboxylic acids is 1. The second kappa shape index (κ2) is 6.47. The number of carboxylic acid groups (broad SMARTS) is 1. The Morgan fingerprint density at radius 2 is 2.13 bits per heavy atom. The molecule has 2 atom stereocenters. The predicted octanol–water partition coefficient (Wildman–Crippen LogP) is 1.37. The van der Waals surface area contributed by atoms with E-state index in [1.807, 2.05) is 4.90 Å². The van der Waals surface area contributed by atoms with Crippen LogP contribution in [-0.4, -0.2) is 51.2 Å². The van der Waals surface area contributed by atoms with E-state index >= 15 is 0 Å². The quantitative estimate of drug-likeness (QED) is 0.868. The van der Waals surface area contributed by atoms with Crippen molar-refractivity contribution < 1.29 is 19.4 Å². The van der Waals surface area contributed by atoms with Gasteiger partial charge in [0, 0.05) is 25.8 Å². The second-order valence-electron chi connectivity index (χ2n) is 6.75. The summed E-state index contributed by atoms with van der Waals surface area (Å²) in [7, 11) is 1.78. The van der Waals surface area contributed by atoms with Crippen LogP contribution < -0.4 is 10.2 Å². The highest BCUT2D eigenvalue weighted by atomic mass is 16.6. The monoisotopic (exact) mass is 324 g/mol. The summed E-state index contributed by atoms with van der Waals surface area (Å²) in [6, 6.07) is -0.711. The largest absolute Gasteiger partial charge is 0.480 e. The molecule has 1 aromatic heterocycles. The number of hydrogen-bond donors (Lipinski definition) is 2. The molecule has 1 aliphatic heterocycles. The Morgan fingerprint density at radius 1 is 1.43 bits per heavy atom. The molecule has 2 rings (SSSR count). The second-order valence-corrected chi connectivity index (χ2v) is 6.75. The van der Waals surface area contributed by atoms with Gasteiger partial charge >= 0.3 is 12.1 Å². The number of amides is 1. The number of rotatable bonds is 4. The third kappa shape index (κ3) is 4.37. The fourth-order valence-electron chi connectivity index (χ4n) is 2.77. The summed E-state index contributed by atoms with van der Waals surface area (Å²) < 4.78 is 6.85. The molecule has 1 aliphatic rings. The molecule has 0 aromatic carbocycles. The first-order valence-electron chi connectivity index (χ1n) is 7.64. The van der Waals surface area contributed by atoms with Crippen molar-refractivity contribution in [3.63, 3.8) is 0 Å². The molecular weight excluding hydrogens is 300 g/mol. The number of carboxylic acids is 1. The van der Waals surface area contributed by atoms with Crippen LogP contribution in [0.3, 0.4) is 0 Å². The van der Waals surface area contributed by atoms with E-state index in [2.05, 4.69) is 10.4 Å². The summed E-state index contributed by atoms with van der Waals surface area (Å²) in [4.78, 5) is 25.1. The summed E-state index contributed by atoms with van der Waals surface area (Å²) in [5.41, 5.74) is 0.181. The highest BCUT2D eigenvalue weighted by molar-refractivity contribution is 5.79. The van der Waals surface area contributed by atoms with E-state index in [0.717, 1.165) is 5.69 Å². The van der Waals surface area contributed by atoms with Gasteiger partial charge in [0.1, 0.15) is 11.6 Å². The van der Waals surface area contributed by atoms with Gasteiger partial charge in [-0.15, -0.1) is 0 Å². The third-order valence-electron chi connectivity index (χ3n) is 3.66. The summed E-state index contributed by atoms with van der Waals surface area (Å²) in [5, 5.41) is 16.2. The minimum atomic E-state index is -0.867. The average molecular weight is 324 g/mol. The SMILES string of the molecule is Cn1cc(N2[C@H](CNC(=O)OC(C)(C)C)CC[C@H]2C(=O)O)cn1. The van der Waals surface area contributed by atoms with E-state index in [1.54, 1.807) is 44.9 Å². The smallest absolute Gasteiger partial charge is 0.407 e. The van der Waals surface area contributed by atoms with Crippen molar-refractivity contribution in [2.24, 2.45) is 7.05 Å². The molecule has 0 bridgehead atoms. The number of nitrogens with one attached hydrogen (secondary N) is 1. The maximum Gasteiger partial charge on any atom is 0.407 e. The fourth-order valence-corrected chi connectivity index (χ4v) is 2.77. The van der Waals surface area contributed by atoms with Crippen molar-refractivity contribution in [2.45, 2.75) is 51.3 Å². The van der Waals surface area contributed by atoms with Gasteiger partial charge in [-0.1, -0.05) is 0 Å². The van der Waals surface area contributed by atoms with Crippen molar-refractivity contribution in [3.05, 3.63) is 12.4 Å². The number of aromatic nitrogens is 2. The van der Waals surface area contributed by atoms with Gasteiger partial charge in [-0.2, -0.15) is 5.10 Å². The Balaban J connectivity index is 2.05. The molecule has 23 heavy (non-hydrogen) atoms. The van der Waals surface area contributed by atoms with Gasteiger partial charge in [-0.3, -0.25) is 4.68 Å². The van der Waals surface area contributed by atoms with Crippen molar-refractivity contribution in [1.82, 2.24) is 15.1 Å². The van der Waals surface area contributed by atoms with E-state index in [9.17, 15) is 14.7 Å². The zero-order valence-corrected chi connectivity index (χ0v) is 13.9. The number of alkyl carbamates (subject to hydrolysis) is 1. The minimum absolute atomic E-state index is 0.104. The normalized spacial score (nSPS) is 21.3. The molecule has 0 radical (unpaired) electrons. The first-order chi connectivity index (χ1) is 10.7. The van der Waals surface area contributed by atoms with Crippen LogP contribution in [0.1, 0.15) is 33.6 Å². The molecule has 1 amide bonds. The van der Waals surface area contributed by atoms with Crippen LogP contribution in [0.2, 0.25) is 0 Å². The van der Waals surface area contributed by atoms with Crippen molar-refractivity contribution in [2.75, 3.05) is 11.4 Å². The van der Waals surface area contributed by atoms with Crippen LogP contribution in [0.25, 0.3) is 0 Å². The van der Waals surface area contributed by atoms with Crippen molar-refractivity contribution >= 4 is 17.7 Å². The number of anilines is 1. The minimum Gasteiger partial charge on any atom is -0.480 e. The van der Waals surface area contributed by atoms with Gasteiger partial charge < -0.3 is 20.1 Å². The van der Waals surface area contributed by atoms with E-state index in [1.165, 1.54) is 0 Å². The van der Waals surface area contributed by atoms with Crippen LogP contribution >= 0.6 is 0 Å². The first-order valence-corrected chi connectivity index (χ1v) is 7.64. The molecule has 0 spiro atoms. The lowest BCUT2D eigenvalue weighted by atomic mass is 10.2. The molecule has 0 unspecified atom stereocenters. The fraction of sp³-hybridized carbons (Fsp3) is 0.667. The molecule has 8 heteroatoms. The molecule has 128 valence electrons. The molecule has 1 aromatic rings. The molecule has 8 nitrogen and oxygen atoms in total. The Morgan fingerprint density at radius 3 is 2.65 bits per heavy atom. The molecule has 2 N–H and O–H groups in total. The lowest BCUT2D eigenvalue weighted by Gasteiger charge is -2.29. The number of ether oxygens (including phenoxy) is 1. The highest BCUT2D eigenvalue weighted by Crippen LogP contribution is 2.30. The number of hydrogen-bond acceptors (Lipinski definition) is 5. The van der Waals surface area contributed by atoms with E-state index in [0.29, 0.717) is 19.4 Å². The van der Waals surface area contributed by atoms with Gasteiger partial charge in [0.2, 0.25) is 0 Å². The van der Waals surface area contributed by atoms with Gasteiger partial charge in [-0.05, 0) is 33.6 Å². The van der Waals surface area contributed by atoms with Gasteiger partial charge in [0.15, 0.2) is 0 Å². The molecular formula is C15H24N4O4. The van der Waals surface area contributed by atoms with Crippen LogP contribution in [0.5, 0.6) is 0 Å². The number of carbonyl (C=O) groups is 2. The van der Waals surface area contributed by atoms with Crippen molar-refractivity contribution in [1.29, 1.82) is 0 Å². The zero-order chi connectivity index (χ0) is 17.2. The number of aryl methyl sites for hydroxylation is 1. The predicted molar refractivity (Wildman–Crippen MR) is 84.4 cm³/mol. The van der Waals surface area contributed by atoms with E-state index in [-0.39, 0.29) is 6.04 Å². The van der Waals surface area contributed by atoms with Crippen LogP contribution in [-0.2, 0) is 16.6 Å². The van der Waals surface area contributed by atoms with Crippen LogP contribution in [0, 0.1) is 0 Å². The maximum atomic E-state index is 11.8. The Kier molecular flexibility index (Phi) is 4.82. The third-order valence-corrected chi connectivity index (χ3v) is 3.66. The molecule has 2 heterocycles. The summed E-state index contributed by atoms with van der Waals surface area (Å²) >= 11 is 0. The summed E-state index contributed by atoms with van der Waals surface area (Å²) in [5.74, 6) is -0.867. The number of nitrogens with zero attached hydrogens (tertiary/aromatic N) is 3. The van der Waals surface area contributed by atoms with Gasteiger partial charge in [-0.25, -0.2) is 9.59 Å². The zero-order valence-electron chi connectivity index (χ0n) is 13.9. The lowest BCUT2D eigenvalue weighted by Crippen LogP contribution is -2.46. The first kappa shape index (κ1) is 17.1. The average Bonchev–Trinajstić information content (AvgIpc) is 2.99. The molecule has 1 saturated heterocycles. The maximum absolute atomic E-state index is 11.8. The number of carbonyl (C=O) groups excluding carboxylic acids is 1. The van der Waals surface area contributed by atoms with Gasteiger partial charge in [0.05, 0.1) is 11.9 Å². The Bertz CT molecular complexity index is 578. The van der Waals surface area contributed by atoms with Crippen molar-refractivity contribution in [3.8, 4) is 0 Å². The topological polar surface area (TPSA) is 96.7 Å². The lowest BCUT2D eigenvalue weighted by molar-refractivity contribution is -0.138. The molecule has 0 aliphatic carbocycles. The van der Waals surface area contributed by atoms with Gasteiger partial charge in [0.25, 0.3) is 0 Å². The molecule has 1 fully saturated rings. The summed E-state index contributed by atoms with van der Waals surface area (Å²) in [6.07, 6.45) is 4.14. The summed E-state index contributed by atoms with van der Waals surface area (Å²) in [6.45, 7) is 5.72. The Hall–Kier alpha value is -2.25. The van der Waals surface area contributed by atoms with E-state index < -0.39 is 23.7 Å². The highest BCUT2D eigenvalue weighted by Gasteiger charge is 2.38. The standard InChI is InChI=1S/C15H24N4O4/c1-15(2,3)23-14(22)16-7-10-5-6-12(13(20)21)19(10)11-8-17-18(4)9-11/h8-10,12H,5-7H2,1-4H3,(H,16,22)(H,20,21)/t10-,12-/m0/s1. The van der Waals surface area contributed by atoms with Crippen LogP contribution in [0.15, 0.2) is 12.4 Å². The molecule has 0 saturated carbocycles. The van der Waals surface area contributed by atoms with Crippen LogP contribution in [0.4, 0.5) is 10.5 Å². The Labute approximate surface area is 135 Å².